The first-order valence-electron chi connectivity index (χ1n) is 15.6. The van der Waals surface area contributed by atoms with Gasteiger partial charge in [0.15, 0.2) is 6.29 Å². The molecule has 2 heterocycles. The van der Waals surface area contributed by atoms with Crippen LogP contribution in [0.25, 0.3) is 0 Å². The molecule has 2 saturated heterocycles. The minimum absolute atomic E-state index is 0.0162. The minimum atomic E-state index is -2.49. The van der Waals surface area contributed by atoms with Crippen molar-refractivity contribution in [3.05, 3.63) is 60.7 Å². The molecule has 230 valence electrons. The molecule has 0 bridgehead atoms. The van der Waals surface area contributed by atoms with E-state index in [-0.39, 0.29) is 22.9 Å². The van der Waals surface area contributed by atoms with E-state index in [1.54, 1.807) is 0 Å². The molecule has 41 heavy (non-hydrogen) atoms. The van der Waals surface area contributed by atoms with Crippen molar-refractivity contribution < 1.29 is 18.6 Å². The summed E-state index contributed by atoms with van der Waals surface area (Å²) in [4.78, 5) is 0. The molecule has 2 aromatic carbocycles. The van der Waals surface area contributed by atoms with E-state index >= 15 is 0 Å². The van der Waals surface area contributed by atoms with Crippen molar-refractivity contribution in [2.24, 2.45) is 5.92 Å². The summed E-state index contributed by atoms with van der Waals surface area (Å²) in [5.74, 6) is 2.06. The van der Waals surface area contributed by atoms with Crippen LogP contribution < -0.4 is 10.4 Å². The van der Waals surface area contributed by atoms with Gasteiger partial charge in [-0.15, -0.1) is 11.8 Å². The fraction of sp³-hybridized carbons (Fsp3) is 0.647. The molecule has 0 spiro atoms. The van der Waals surface area contributed by atoms with Crippen molar-refractivity contribution in [3.63, 3.8) is 0 Å². The monoisotopic (exact) mass is 618 g/mol. The predicted molar refractivity (Wildman–Crippen MR) is 181 cm³/mol. The first-order chi connectivity index (χ1) is 19.7. The third kappa shape index (κ3) is 9.59. The van der Waals surface area contributed by atoms with E-state index in [0.717, 1.165) is 50.3 Å². The van der Waals surface area contributed by atoms with E-state index in [4.69, 9.17) is 18.6 Å². The largest absolute Gasteiger partial charge is 0.403 e. The van der Waals surface area contributed by atoms with Crippen molar-refractivity contribution in [2.75, 3.05) is 25.6 Å². The summed E-state index contributed by atoms with van der Waals surface area (Å²) in [5.41, 5.74) is 0.248. The van der Waals surface area contributed by atoms with Crippen LogP contribution in [0.15, 0.2) is 60.7 Å². The molecule has 0 amide bonds. The molecule has 4 nitrogen and oxygen atoms in total. The standard InChI is InChI=1S/C24H34O2SSi.C10H20O2S/c1-6-22-21(18-23(27-22)25-7-2)26-28(24(3,4)5,19-14-10-8-11-15-19)20-16-12-9-13-17-20;1-4-11-10(12-5-2)6-8(3)9-7-13-9/h8-17,21-23H,6-7,18H2,1-5H3;8-10H,4-7H2,1-3H3/t21?,22-,23?;8-,9+/m10/s1. The fourth-order valence-electron chi connectivity index (χ4n) is 5.77. The number of hydrogen-bond donors (Lipinski definition) is 0. The van der Waals surface area contributed by atoms with E-state index in [2.05, 4.69) is 102 Å². The number of ether oxygens (including phenoxy) is 3. The molecule has 4 rings (SSSR count). The smallest absolute Gasteiger partial charge is 0.261 e. The molecule has 0 saturated carbocycles. The number of hydrogen-bond acceptors (Lipinski definition) is 6. The molecule has 0 N–H and O–H groups in total. The van der Waals surface area contributed by atoms with Crippen LogP contribution in [0, 0.1) is 5.92 Å². The molecule has 5 atom stereocenters. The van der Waals surface area contributed by atoms with E-state index in [0.29, 0.717) is 5.25 Å². The van der Waals surface area contributed by atoms with Crippen LogP contribution >= 0.6 is 23.5 Å². The highest BCUT2D eigenvalue weighted by atomic mass is 32.2. The molecule has 7 heteroatoms. The predicted octanol–water partition coefficient (Wildman–Crippen LogP) is 7.74. The summed E-state index contributed by atoms with van der Waals surface area (Å²) in [6, 6.07) is 21.9. The first-order valence-corrected chi connectivity index (χ1v) is 19.5. The summed E-state index contributed by atoms with van der Waals surface area (Å²) >= 11 is 4.00. The lowest BCUT2D eigenvalue weighted by atomic mass is 10.1. The van der Waals surface area contributed by atoms with E-state index in [9.17, 15) is 0 Å². The van der Waals surface area contributed by atoms with Crippen LogP contribution in [0.3, 0.4) is 0 Å². The van der Waals surface area contributed by atoms with Gasteiger partial charge in [-0.2, -0.15) is 11.8 Å². The SMILES string of the molecule is CCOC(C[C@H](C)[C@H]1CS1)OCC.CCOC1CC(O[Si](c2ccccc2)(c2ccccc2)C(C)(C)C)[C@@H](CC)S1. The van der Waals surface area contributed by atoms with Crippen molar-refractivity contribution >= 4 is 42.2 Å². The van der Waals surface area contributed by atoms with Crippen LogP contribution in [-0.4, -0.2) is 62.2 Å². The van der Waals surface area contributed by atoms with Crippen LogP contribution in [0.2, 0.25) is 5.04 Å². The average molecular weight is 619 g/mol. The minimum Gasteiger partial charge on any atom is -0.403 e. The second-order valence-corrected chi connectivity index (χ2v) is 18.9. The topological polar surface area (TPSA) is 36.9 Å². The van der Waals surface area contributed by atoms with E-state index in [1.165, 1.54) is 16.1 Å². The second kappa shape index (κ2) is 16.9. The Kier molecular flexibility index (Phi) is 14.3. The third-order valence-corrected chi connectivity index (χ3v) is 15.8. The van der Waals surface area contributed by atoms with Crippen LogP contribution in [0.4, 0.5) is 0 Å². The first kappa shape index (κ1) is 34.7. The van der Waals surface area contributed by atoms with Gasteiger partial charge in [0, 0.05) is 48.9 Å². The van der Waals surface area contributed by atoms with Gasteiger partial charge in [0.25, 0.3) is 8.32 Å². The molecule has 2 aromatic rings. The molecule has 0 radical (unpaired) electrons. The Morgan fingerprint density at radius 2 is 1.39 bits per heavy atom. The maximum Gasteiger partial charge on any atom is 0.261 e. The Bertz CT molecular complexity index is 938. The van der Waals surface area contributed by atoms with Gasteiger partial charge in [0.2, 0.25) is 0 Å². The Morgan fingerprint density at radius 1 is 0.854 bits per heavy atom. The highest BCUT2D eigenvalue weighted by Gasteiger charge is 2.53. The molecular formula is C34H54O4S2Si. The van der Waals surface area contributed by atoms with Crippen LogP contribution in [0.1, 0.15) is 74.7 Å². The van der Waals surface area contributed by atoms with Gasteiger partial charge in [-0.1, -0.05) is 95.3 Å². The van der Waals surface area contributed by atoms with Gasteiger partial charge in [-0.3, -0.25) is 0 Å². The zero-order chi connectivity index (χ0) is 29.9. The number of thioether (sulfide) groups is 2. The highest BCUT2D eigenvalue weighted by Crippen LogP contribution is 2.44. The quantitative estimate of drug-likeness (QED) is 0.123. The maximum absolute atomic E-state index is 7.35. The van der Waals surface area contributed by atoms with Gasteiger partial charge >= 0.3 is 0 Å². The third-order valence-electron chi connectivity index (χ3n) is 7.93. The molecule has 2 aliphatic rings. The second-order valence-electron chi connectivity index (χ2n) is 11.9. The molecule has 2 aliphatic heterocycles. The zero-order valence-electron chi connectivity index (χ0n) is 26.6. The van der Waals surface area contributed by atoms with Gasteiger partial charge in [0.1, 0.15) is 5.44 Å². The molecule has 2 fully saturated rings. The maximum atomic E-state index is 7.35. The van der Waals surface area contributed by atoms with Crippen molar-refractivity contribution in [3.8, 4) is 0 Å². The van der Waals surface area contributed by atoms with Crippen molar-refractivity contribution in [1.82, 2.24) is 0 Å². The van der Waals surface area contributed by atoms with Gasteiger partial charge in [0.05, 0.1) is 6.10 Å². The Balaban J connectivity index is 0.000000298. The van der Waals surface area contributed by atoms with E-state index < -0.39 is 8.32 Å². The molecule has 0 aromatic heterocycles. The molecule has 2 unspecified atom stereocenters. The summed E-state index contributed by atoms with van der Waals surface area (Å²) in [6.45, 7) is 20.0. The highest BCUT2D eigenvalue weighted by molar-refractivity contribution is 8.06. The van der Waals surface area contributed by atoms with Gasteiger partial charge < -0.3 is 18.6 Å². The van der Waals surface area contributed by atoms with Crippen molar-refractivity contribution in [1.29, 1.82) is 0 Å². The Hall–Kier alpha value is -0.803. The molecule has 0 aliphatic carbocycles. The normalized spacial score (nSPS) is 23.2. The van der Waals surface area contributed by atoms with Crippen LogP contribution in [0.5, 0.6) is 0 Å². The Labute approximate surface area is 260 Å². The lowest BCUT2D eigenvalue weighted by Gasteiger charge is -2.45. The van der Waals surface area contributed by atoms with Crippen LogP contribution in [-0.2, 0) is 18.6 Å². The fourth-order valence-corrected chi connectivity index (χ4v) is 12.9. The lowest BCUT2D eigenvalue weighted by molar-refractivity contribution is -0.144. The summed E-state index contributed by atoms with van der Waals surface area (Å²) in [7, 11) is -2.49. The van der Waals surface area contributed by atoms with Gasteiger partial charge in [-0.05, 0) is 48.5 Å². The Morgan fingerprint density at radius 3 is 1.80 bits per heavy atom. The molecular weight excluding hydrogens is 565 g/mol. The summed E-state index contributed by atoms with van der Waals surface area (Å²) in [5, 5.41) is 4.07. The lowest BCUT2D eigenvalue weighted by Crippen LogP contribution is -2.68. The summed E-state index contributed by atoms with van der Waals surface area (Å²) < 4.78 is 24.3. The zero-order valence-corrected chi connectivity index (χ0v) is 29.3. The van der Waals surface area contributed by atoms with E-state index in [1.807, 2.05) is 37.4 Å². The number of rotatable bonds is 14. The number of benzene rings is 2. The average Bonchev–Trinajstić information content (AvgIpc) is 3.74. The van der Waals surface area contributed by atoms with Gasteiger partial charge in [-0.25, -0.2) is 0 Å². The summed E-state index contributed by atoms with van der Waals surface area (Å²) in [6.07, 6.45) is 3.36. The van der Waals surface area contributed by atoms with Crippen molar-refractivity contribution in [2.45, 2.75) is 108 Å².